The van der Waals surface area contributed by atoms with Crippen LogP contribution in [0.5, 0.6) is 0 Å². The largest absolute Gasteiger partial charge is 0.388 e. The summed E-state index contributed by atoms with van der Waals surface area (Å²) >= 11 is 0. The van der Waals surface area contributed by atoms with Crippen molar-refractivity contribution in [2.75, 3.05) is 0 Å². The van der Waals surface area contributed by atoms with Gasteiger partial charge in [0.25, 0.3) is 0 Å². The minimum absolute atomic E-state index is 0.276. The predicted molar refractivity (Wildman–Crippen MR) is 67.4 cm³/mol. The van der Waals surface area contributed by atoms with E-state index in [2.05, 4.69) is 25.1 Å². The summed E-state index contributed by atoms with van der Waals surface area (Å²) in [4.78, 5) is 0. The third kappa shape index (κ3) is 2.73. The summed E-state index contributed by atoms with van der Waals surface area (Å²) in [6, 6.07) is 8.31. The van der Waals surface area contributed by atoms with Crippen molar-refractivity contribution in [2.24, 2.45) is 0 Å². The van der Waals surface area contributed by atoms with Crippen LogP contribution in [0.25, 0.3) is 0 Å². The Morgan fingerprint density at radius 2 is 2.06 bits per heavy atom. The molecule has 16 heavy (non-hydrogen) atoms. The van der Waals surface area contributed by atoms with Gasteiger partial charge in [0.1, 0.15) is 0 Å². The van der Waals surface area contributed by atoms with Crippen LogP contribution >= 0.6 is 0 Å². The molecule has 0 amide bonds. The highest BCUT2D eigenvalue weighted by atomic mass is 16.3. The molecule has 1 aromatic carbocycles. The molecular formula is C15H20O. The number of benzene rings is 1. The van der Waals surface area contributed by atoms with Crippen LogP contribution in [0, 0.1) is 6.92 Å². The highest BCUT2D eigenvalue weighted by Gasteiger charge is 2.14. The molecular weight excluding hydrogens is 196 g/mol. The maximum atomic E-state index is 10.2. The van der Waals surface area contributed by atoms with Crippen molar-refractivity contribution in [3.8, 4) is 0 Å². The Labute approximate surface area is 97.8 Å². The van der Waals surface area contributed by atoms with Crippen molar-refractivity contribution >= 4 is 0 Å². The first-order valence-electron chi connectivity index (χ1n) is 6.19. The van der Waals surface area contributed by atoms with Gasteiger partial charge in [-0.3, -0.25) is 0 Å². The van der Waals surface area contributed by atoms with Gasteiger partial charge >= 0.3 is 0 Å². The average molecular weight is 216 g/mol. The third-order valence-corrected chi connectivity index (χ3v) is 3.43. The van der Waals surface area contributed by atoms with Gasteiger partial charge in [-0.05, 0) is 49.3 Å². The summed E-state index contributed by atoms with van der Waals surface area (Å²) in [5.41, 5.74) is 3.79. The van der Waals surface area contributed by atoms with E-state index in [9.17, 15) is 5.11 Å². The Morgan fingerprint density at radius 3 is 2.75 bits per heavy atom. The highest BCUT2D eigenvalue weighted by molar-refractivity contribution is 5.28. The number of aliphatic hydroxyl groups excluding tert-OH is 1. The molecule has 86 valence electrons. The van der Waals surface area contributed by atoms with E-state index >= 15 is 0 Å². The standard InChI is InChI=1S/C15H20O/c1-12-7-5-6-10-14(12)11-15(16)13-8-3-2-4-9-13/h5-8,10,15-16H,2-4,9,11H2,1H3. The van der Waals surface area contributed by atoms with E-state index in [0.717, 1.165) is 19.3 Å². The molecule has 2 rings (SSSR count). The minimum Gasteiger partial charge on any atom is -0.388 e. The van der Waals surface area contributed by atoms with Crippen molar-refractivity contribution in [2.45, 2.75) is 45.1 Å². The van der Waals surface area contributed by atoms with E-state index in [1.54, 1.807) is 0 Å². The van der Waals surface area contributed by atoms with Crippen molar-refractivity contribution in [1.29, 1.82) is 0 Å². The summed E-state index contributed by atoms with van der Waals surface area (Å²) in [5.74, 6) is 0. The van der Waals surface area contributed by atoms with Crippen molar-refractivity contribution in [3.63, 3.8) is 0 Å². The minimum atomic E-state index is -0.276. The molecule has 0 radical (unpaired) electrons. The summed E-state index contributed by atoms with van der Waals surface area (Å²) in [6.07, 6.45) is 7.44. The van der Waals surface area contributed by atoms with E-state index in [4.69, 9.17) is 0 Å². The fourth-order valence-electron chi connectivity index (χ4n) is 2.34. The van der Waals surface area contributed by atoms with Crippen LogP contribution in [0.3, 0.4) is 0 Å². The molecule has 0 aromatic heterocycles. The highest BCUT2D eigenvalue weighted by Crippen LogP contribution is 2.23. The molecule has 1 aliphatic carbocycles. The van der Waals surface area contributed by atoms with Gasteiger partial charge in [0, 0.05) is 6.42 Å². The van der Waals surface area contributed by atoms with Crippen molar-refractivity contribution in [3.05, 3.63) is 47.0 Å². The molecule has 0 saturated heterocycles. The maximum Gasteiger partial charge on any atom is 0.0790 e. The molecule has 0 spiro atoms. The second kappa shape index (κ2) is 5.31. The van der Waals surface area contributed by atoms with Crippen LogP contribution in [0.4, 0.5) is 0 Å². The lowest BCUT2D eigenvalue weighted by Gasteiger charge is -2.19. The first-order chi connectivity index (χ1) is 7.77. The fourth-order valence-corrected chi connectivity index (χ4v) is 2.34. The van der Waals surface area contributed by atoms with E-state index in [-0.39, 0.29) is 6.10 Å². The quantitative estimate of drug-likeness (QED) is 0.768. The molecule has 0 aliphatic heterocycles. The molecule has 1 atom stereocenters. The second-order valence-electron chi connectivity index (χ2n) is 4.67. The molecule has 1 aromatic rings. The van der Waals surface area contributed by atoms with Gasteiger partial charge in [-0.25, -0.2) is 0 Å². The van der Waals surface area contributed by atoms with Gasteiger partial charge < -0.3 is 5.11 Å². The SMILES string of the molecule is Cc1ccccc1CC(O)C1=CCCCC1. The van der Waals surface area contributed by atoms with Gasteiger partial charge in [-0.2, -0.15) is 0 Å². The Morgan fingerprint density at radius 1 is 1.25 bits per heavy atom. The monoisotopic (exact) mass is 216 g/mol. The lowest BCUT2D eigenvalue weighted by Crippen LogP contribution is -2.16. The average Bonchev–Trinajstić information content (AvgIpc) is 2.33. The van der Waals surface area contributed by atoms with Gasteiger partial charge in [-0.1, -0.05) is 30.3 Å². The molecule has 1 aliphatic rings. The fraction of sp³-hybridized carbons (Fsp3) is 0.467. The number of hydrogen-bond donors (Lipinski definition) is 1. The zero-order chi connectivity index (χ0) is 11.4. The first kappa shape index (κ1) is 11.4. The molecule has 1 nitrogen and oxygen atoms in total. The molecule has 0 heterocycles. The van der Waals surface area contributed by atoms with Crippen LogP contribution in [0.2, 0.25) is 0 Å². The topological polar surface area (TPSA) is 20.2 Å². The number of aliphatic hydroxyl groups is 1. The van der Waals surface area contributed by atoms with Gasteiger partial charge in [0.05, 0.1) is 6.10 Å². The summed E-state index contributed by atoms with van der Waals surface area (Å²) in [5, 5.41) is 10.2. The number of allylic oxidation sites excluding steroid dienone is 1. The lowest BCUT2D eigenvalue weighted by molar-refractivity contribution is 0.204. The smallest absolute Gasteiger partial charge is 0.0790 e. The second-order valence-corrected chi connectivity index (χ2v) is 4.67. The lowest BCUT2D eigenvalue weighted by atomic mass is 9.91. The van der Waals surface area contributed by atoms with Crippen LogP contribution in [-0.4, -0.2) is 11.2 Å². The third-order valence-electron chi connectivity index (χ3n) is 3.43. The van der Waals surface area contributed by atoms with Crippen LogP contribution in [0.15, 0.2) is 35.9 Å². The van der Waals surface area contributed by atoms with E-state index in [1.165, 1.54) is 29.5 Å². The van der Waals surface area contributed by atoms with Crippen LogP contribution in [-0.2, 0) is 6.42 Å². The molecule has 0 saturated carbocycles. The Bertz CT molecular complexity index is 379. The molecule has 0 fully saturated rings. The summed E-state index contributed by atoms with van der Waals surface area (Å²) in [7, 11) is 0. The van der Waals surface area contributed by atoms with E-state index in [0.29, 0.717) is 0 Å². The number of aryl methyl sites for hydroxylation is 1. The molecule has 1 unspecified atom stereocenters. The zero-order valence-electron chi connectivity index (χ0n) is 9.95. The molecule has 0 bridgehead atoms. The van der Waals surface area contributed by atoms with E-state index < -0.39 is 0 Å². The Balaban J connectivity index is 2.04. The number of rotatable bonds is 3. The van der Waals surface area contributed by atoms with E-state index in [1.807, 2.05) is 12.1 Å². The predicted octanol–water partition coefficient (Wildman–Crippen LogP) is 3.40. The molecule has 1 heteroatoms. The van der Waals surface area contributed by atoms with Gasteiger partial charge in [0.2, 0.25) is 0 Å². The maximum absolute atomic E-state index is 10.2. The summed E-state index contributed by atoms with van der Waals surface area (Å²) < 4.78 is 0. The van der Waals surface area contributed by atoms with Gasteiger partial charge in [0.15, 0.2) is 0 Å². The van der Waals surface area contributed by atoms with Crippen LogP contribution < -0.4 is 0 Å². The molecule has 1 N–H and O–H groups in total. The Hall–Kier alpha value is -1.08. The number of hydrogen-bond acceptors (Lipinski definition) is 1. The summed E-state index contributed by atoms with van der Waals surface area (Å²) in [6.45, 7) is 2.11. The van der Waals surface area contributed by atoms with Crippen LogP contribution in [0.1, 0.15) is 36.8 Å². The van der Waals surface area contributed by atoms with Crippen molar-refractivity contribution in [1.82, 2.24) is 0 Å². The normalized spacial score (nSPS) is 18.0. The van der Waals surface area contributed by atoms with Crippen molar-refractivity contribution < 1.29 is 5.11 Å². The Kier molecular flexibility index (Phi) is 3.79. The first-order valence-corrected chi connectivity index (χ1v) is 6.19. The zero-order valence-corrected chi connectivity index (χ0v) is 9.95. The van der Waals surface area contributed by atoms with Gasteiger partial charge in [-0.15, -0.1) is 0 Å².